The minimum Gasteiger partial charge on any atom is -0.368 e. The molecule has 0 spiro atoms. The molecule has 0 radical (unpaired) electrons. The van der Waals surface area contributed by atoms with Gasteiger partial charge in [-0.25, -0.2) is 0 Å². The topological polar surface area (TPSA) is 39.2 Å². The Morgan fingerprint density at radius 1 is 1.47 bits per heavy atom. The first-order chi connectivity index (χ1) is 9.19. The highest BCUT2D eigenvalue weighted by molar-refractivity contribution is 7.17. The van der Waals surface area contributed by atoms with Crippen molar-refractivity contribution in [1.82, 2.24) is 4.98 Å². The summed E-state index contributed by atoms with van der Waals surface area (Å²) in [6.07, 6.45) is 3.40. The minimum atomic E-state index is -0.192. The molecule has 3 heterocycles. The Morgan fingerprint density at radius 2 is 2.32 bits per heavy atom. The Balaban J connectivity index is 2.09. The van der Waals surface area contributed by atoms with Crippen LogP contribution in [0.3, 0.4) is 0 Å². The lowest BCUT2D eigenvalue weighted by atomic mass is 9.95. The summed E-state index contributed by atoms with van der Waals surface area (Å²) in [6.45, 7) is 2.60. The van der Waals surface area contributed by atoms with Crippen LogP contribution in [0.1, 0.15) is 38.2 Å². The maximum absolute atomic E-state index is 10.9. The molecule has 98 valence electrons. The molecule has 1 aliphatic rings. The average Bonchev–Trinajstić information content (AvgIpc) is 2.79. The molecule has 5 heteroatoms. The van der Waals surface area contributed by atoms with Crippen molar-refractivity contribution in [3.63, 3.8) is 0 Å². The van der Waals surface area contributed by atoms with Crippen molar-refractivity contribution in [3.8, 4) is 0 Å². The van der Waals surface area contributed by atoms with E-state index in [0.29, 0.717) is 15.8 Å². The number of thiophene rings is 1. The van der Waals surface area contributed by atoms with Crippen LogP contribution in [-0.4, -0.2) is 17.9 Å². The van der Waals surface area contributed by atoms with E-state index >= 15 is 0 Å². The van der Waals surface area contributed by atoms with Crippen LogP contribution in [0.4, 0.5) is 0 Å². The van der Waals surface area contributed by atoms with Crippen molar-refractivity contribution in [3.05, 3.63) is 49.9 Å². The Kier molecular flexibility index (Phi) is 3.39. The van der Waals surface area contributed by atoms with E-state index in [2.05, 4.69) is 4.98 Å². The van der Waals surface area contributed by atoms with Gasteiger partial charge in [-0.1, -0.05) is 11.6 Å². The van der Waals surface area contributed by atoms with Gasteiger partial charge >= 0.3 is 0 Å². The van der Waals surface area contributed by atoms with Gasteiger partial charge in [0.2, 0.25) is 0 Å². The number of halogens is 1. The van der Waals surface area contributed by atoms with Crippen LogP contribution in [0, 0.1) is 6.92 Å². The van der Waals surface area contributed by atoms with Gasteiger partial charge in [-0.15, -0.1) is 11.3 Å². The van der Waals surface area contributed by atoms with Gasteiger partial charge in [0.05, 0.1) is 15.8 Å². The number of carbonyl (C=O) groups is 1. The Morgan fingerprint density at radius 3 is 3.05 bits per heavy atom. The van der Waals surface area contributed by atoms with Crippen LogP contribution in [0.2, 0.25) is 4.34 Å². The summed E-state index contributed by atoms with van der Waals surface area (Å²) >= 11 is 7.52. The van der Waals surface area contributed by atoms with Crippen molar-refractivity contribution in [2.75, 3.05) is 6.61 Å². The quantitative estimate of drug-likeness (QED) is 0.795. The van der Waals surface area contributed by atoms with Crippen LogP contribution in [0.5, 0.6) is 0 Å². The van der Waals surface area contributed by atoms with Gasteiger partial charge in [-0.3, -0.25) is 9.78 Å². The van der Waals surface area contributed by atoms with E-state index in [0.717, 1.165) is 29.5 Å². The standard InChI is InChI=1S/C14H12ClNO2S/c1-8-4-11-9(6-16-8)2-3-18-13(11)12-5-10(7-17)19-14(12)15/h4-7,13H,2-3H2,1H3. The fraction of sp³-hybridized carbons (Fsp3) is 0.286. The summed E-state index contributed by atoms with van der Waals surface area (Å²) in [5, 5.41) is 0. The molecule has 0 saturated heterocycles. The second-order valence-electron chi connectivity index (χ2n) is 4.52. The number of aldehydes is 1. The third kappa shape index (κ3) is 2.31. The monoisotopic (exact) mass is 293 g/mol. The van der Waals surface area contributed by atoms with Crippen LogP contribution in [0.25, 0.3) is 0 Å². The maximum Gasteiger partial charge on any atom is 0.160 e. The molecule has 2 aromatic rings. The largest absolute Gasteiger partial charge is 0.368 e. The number of fused-ring (bicyclic) bond motifs is 1. The number of pyridine rings is 1. The fourth-order valence-corrected chi connectivity index (χ4v) is 3.48. The molecule has 0 fully saturated rings. The molecule has 0 amide bonds. The lowest BCUT2D eigenvalue weighted by molar-refractivity contribution is 0.0699. The van der Waals surface area contributed by atoms with E-state index in [4.69, 9.17) is 16.3 Å². The van der Waals surface area contributed by atoms with E-state index in [-0.39, 0.29) is 6.10 Å². The molecule has 1 unspecified atom stereocenters. The molecule has 3 nitrogen and oxygen atoms in total. The molecule has 0 saturated carbocycles. The third-order valence-corrected chi connectivity index (χ3v) is 4.54. The molecule has 0 aromatic carbocycles. The van der Waals surface area contributed by atoms with Gasteiger partial charge in [0.1, 0.15) is 6.10 Å². The zero-order valence-electron chi connectivity index (χ0n) is 10.4. The van der Waals surface area contributed by atoms with Gasteiger partial charge in [-0.05, 0) is 36.6 Å². The van der Waals surface area contributed by atoms with E-state index in [1.54, 1.807) is 0 Å². The number of carbonyl (C=O) groups excluding carboxylic acids is 1. The van der Waals surface area contributed by atoms with Gasteiger partial charge in [-0.2, -0.15) is 0 Å². The second-order valence-corrected chi connectivity index (χ2v) is 6.21. The van der Waals surface area contributed by atoms with Crippen LogP contribution >= 0.6 is 22.9 Å². The van der Waals surface area contributed by atoms with E-state index < -0.39 is 0 Å². The van der Waals surface area contributed by atoms with E-state index in [1.807, 2.05) is 25.3 Å². The molecule has 1 aliphatic heterocycles. The molecule has 1 atom stereocenters. The van der Waals surface area contributed by atoms with Crippen LogP contribution in [-0.2, 0) is 11.2 Å². The number of nitrogens with zero attached hydrogens (tertiary/aromatic N) is 1. The highest BCUT2D eigenvalue weighted by atomic mass is 35.5. The van der Waals surface area contributed by atoms with Gasteiger partial charge < -0.3 is 4.74 Å². The first-order valence-electron chi connectivity index (χ1n) is 6.00. The first kappa shape index (κ1) is 12.8. The fourth-order valence-electron chi connectivity index (χ4n) is 2.33. The Hall–Kier alpha value is -1.23. The first-order valence-corrected chi connectivity index (χ1v) is 7.20. The molecule has 0 aliphatic carbocycles. The zero-order valence-corrected chi connectivity index (χ0v) is 11.9. The lowest BCUT2D eigenvalue weighted by Crippen LogP contribution is -2.17. The number of hydrogen-bond donors (Lipinski definition) is 0. The predicted octanol–water partition coefficient (Wildman–Crippen LogP) is 3.58. The number of aryl methyl sites for hydroxylation is 1. The smallest absolute Gasteiger partial charge is 0.160 e. The highest BCUT2D eigenvalue weighted by Gasteiger charge is 2.26. The molecular formula is C14H12ClNO2S. The van der Waals surface area contributed by atoms with Crippen molar-refractivity contribution in [2.24, 2.45) is 0 Å². The Bertz CT molecular complexity index is 638. The van der Waals surface area contributed by atoms with Crippen LogP contribution in [0.15, 0.2) is 18.3 Å². The summed E-state index contributed by atoms with van der Waals surface area (Å²) in [4.78, 5) is 15.8. The predicted molar refractivity (Wildman–Crippen MR) is 75.2 cm³/mol. The number of ether oxygens (including phenoxy) is 1. The summed E-state index contributed by atoms with van der Waals surface area (Å²) in [6, 6.07) is 3.85. The molecule has 2 aromatic heterocycles. The summed E-state index contributed by atoms with van der Waals surface area (Å²) in [5.74, 6) is 0. The third-order valence-electron chi connectivity index (χ3n) is 3.23. The van der Waals surface area contributed by atoms with Crippen LogP contribution < -0.4 is 0 Å². The highest BCUT2D eigenvalue weighted by Crippen LogP contribution is 2.39. The van der Waals surface area contributed by atoms with Crippen molar-refractivity contribution in [2.45, 2.75) is 19.4 Å². The summed E-state index contributed by atoms with van der Waals surface area (Å²) < 4.78 is 6.48. The molecule has 0 bridgehead atoms. The SMILES string of the molecule is Cc1cc2c(cn1)CCOC2c1cc(C=O)sc1Cl. The van der Waals surface area contributed by atoms with Crippen molar-refractivity contribution in [1.29, 1.82) is 0 Å². The van der Waals surface area contributed by atoms with Gasteiger partial charge in [0.15, 0.2) is 6.29 Å². The molecule has 19 heavy (non-hydrogen) atoms. The summed E-state index contributed by atoms with van der Waals surface area (Å²) in [7, 11) is 0. The second kappa shape index (κ2) is 5.04. The molecule has 3 rings (SSSR count). The Labute approximate surface area is 120 Å². The van der Waals surface area contributed by atoms with Crippen molar-refractivity contribution < 1.29 is 9.53 Å². The van der Waals surface area contributed by atoms with E-state index in [1.165, 1.54) is 16.9 Å². The van der Waals surface area contributed by atoms with Crippen molar-refractivity contribution >= 4 is 29.2 Å². The average molecular weight is 294 g/mol. The minimum absolute atomic E-state index is 0.192. The number of rotatable bonds is 2. The van der Waals surface area contributed by atoms with Gasteiger partial charge in [0, 0.05) is 17.5 Å². The lowest BCUT2D eigenvalue weighted by Gasteiger charge is -2.26. The number of hydrogen-bond acceptors (Lipinski definition) is 4. The summed E-state index contributed by atoms with van der Waals surface area (Å²) in [5.41, 5.74) is 4.13. The molecular weight excluding hydrogens is 282 g/mol. The van der Waals surface area contributed by atoms with Gasteiger partial charge in [0.25, 0.3) is 0 Å². The van der Waals surface area contributed by atoms with E-state index in [9.17, 15) is 4.79 Å². The maximum atomic E-state index is 10.9. The zero-order chi connectivity index (χ0) is 13.4. The number of aromatic nitrogens is 1. The molecule has 0 N–H and O–H groups in total. The normalized spacial score (nSPS) is 18.1.